The molecule has 114 valence electrons. The molecule has 0 radical (unpaired) electrons. The number of hydrogen-bond donors (Lipinski definition) is 1. The fourth-order valence-electron chi connectivity index (χ4n) is 2.60. The molecule has 0 aliphatic heterocycles. The van der Waals surface area contributed by atoms with Gasteiger partial charge in [0.2, 0.25) is 0 Å². The molecule has 0 aliphatic carbocycles. The van der Waals surface area contributed by atoms with Crippen LogP contribution in [-0.2, 0) is 0 Å². The van der Waals surface area contributed by atoms with E-state index in [4.69, 9.17) is 0 Å². The molecule has 0 amide bonds. The summed E-state index contributed by atoms with van der Waals surface area (Å²) in [5, 5.41) is 3.59. The van der Waals surface area contributed by atoms with Crippen molar-refractivity contribution in [3.05, 3.63) is 35.9 Å². The number of unbranched alkanes of at least 4 members (excludes halogenated alkanes) is 7. The third-order valence-corrected chi connectivity index (χ3v) is 4.03. The maximum absolute atomic E-state index is 3.59. The van der Waals surface area contributed by atoms with Crippen molar-refractivity contribution in [2.45, 2.75) is 71.1 Å². The molecule has 0 aliphatic rings. The van der Waals surface area contributed by atoms with Gasteiger partial charge in [-0.1, -0.05) is 89.1 Å². The molecular formula is C19H33N. The molecule has 0 heterocycles. The molecule has 1 unspecified atom stereocenters. The standard InChI is InChI=1S/C19H33N/c1-3-4-5-6-7-8-9-13-16-20-17-18(2)19-14-11-10-12-15-19/h10-12,14-15,18,20H,3-9,13,16-17H2,1-2H3. The van der Waals surface area contributed by atoms with Gasteiger partial charge in [-0.25, -0.2) is 0 Å². The normalized spacial score (nSPS) is 12.5. The zero-order valence-electron chi connectivity index (χ0n) is 13.5. The summed E-state index contributed by atoms with van der Waals surface area (Å²) >= 11 is 0. The first-order valence-electron chi connectivity index (χ1n) is 8.60. The fraction of sp³-hybridized carbons (Fsp3) is 0.684. The summed E-state index contributed by atoms with van der Waals surface area (Å²) in [7, 11) is 0. The maximum atomic E-state index is 3.59. The average Bonchev–Trinajstić information content (AvgIpc) is 2.50. The van der Waals surface area contributed by atoms with E-state index in [-0.39, 0.29) is 0 Å². The van der Waals surface area contributed by atoms with Crippen LogP contribution >= 0.6 is 0 Å². The summed E-state index contributed by atoms with van der Waals surface area (Å²) in [6.07, 6.45) is 11.2. The van der Waals surface area contributed by atoms with Gasteiger partial charge in [0, 0.05) is 6.54 Å². The van der Waals surface area contributed by atoms with Crippen molar-refractivity contribution in [2.24, 2.45) is 0 Å². The summed E-state index contributed by atoms with van der Waals surface area (Å²) < 4.78 is 0. The molecule has 1 aromatic rings. The Bertz CT molecular complexity index is 307. The third kappa shape index (κ3) is 8.37. The van der Waals surface area contributed by atoms with Crippen LogP contribution in [0.3, 0.4) is 0 Å². The van der Waals surface area contributed by atoms with Crippen LogP contribution in [0.2, 0.25) is 0 Å². The van der Waals surface area contributed by atoms with Gasteiger partial charge in [0.25, 0.3) is 0 Å². The van der Waals surface area contributed by atoms with Gasteiger partial charge in [-0.05, 0) is 24.4 Å². The second kappa shape index (κ2) is 12.0. The Morgan fingerprint density at radius 2 is 1.45 bits per heavy atom. The van der Waals surface area contributed by atoms with Gasteiger partial charge in [-0.2, -0.15) is 0 Å². The molecule has 1 N–H and O–H groups in total. The SMILES string of the molecule is CCCCCCCCCCNCC(C)c1ccccc1. The molecule has 0 aromatic heterocycles. The van der Waals surface area contributed by atoms with E-state index in [0.29, 0.717) is 5.92 Å². The van der Waals surface area contributed by atoms with Crippen molar-refractivity contribution in [2.75, 3.05) is 13.1 Å². The van der Waals surface area contributed by atoms with E-state index in [9.17, 15) is 0 Å². The minimum Gasteiger partial charge on any atom is -0.316 e. The van der Waals surface area contributed by atoms with Gasteiger partial charge in [0.05, 0.1) is 0 Å². The first kappa shape index (κ1) is 17.2. The minimum atomic E-state index is 0.616. The van der Waals surface area contributed by atoms with Crippen molar-refractivity contribution < 1.29 is 0 Å². The molecule has 0 spiro atoms. The predicted octanol–water partition coefficient (Wildman–Crippen LogP) is 5.52. The fourth-order valence-corrected chi connectivity index (χ4v) is 2.60. The summed E-state index contributed by atoms with van der Waals surface area (Å²) in [5.74, 6) is 0.616. The first-order valence-corrected chi connectivity index (χ1v) is 8.60. The van der Waals surface area contributed by atoms with E-state index in [1.807, 2.05) is 0 Å². The Hall–Kier alpha value is -0.820. The van der Waals surface area contributed by atoms with Crippen LogP contribution in [0.25, 0.3) is 0 Å². The van der Waals surface area contributed by atoms with Gasteiger partial charge in [0.1, 0.15) is 0 Å². The Labute approximate surface area is 126 Å². The van der Waals surface area contributed by atoms with Crippen molar-refractivity contribution >= 4 is 0 Å². The zero-order chi connectivity index (χ0) is 14.5. The highest BCUT2D eigenvalue weighted by Gasteiger charge is 2.03. The predicted molar refractivity (Wildman–Crippen MR) is 90.3 cm³/mol. The number of benzene rings is 1. The molecule has 0 fully saturated rings. The molecule has 1 nitrogen and oxygen atoms in total. The van der Waals surface area contributed by atoms with Gasteiger partial charge in [-0.15, -0.1) is 0 Å². The van der Waals surface area contributed by atoms with Crippen LogP contribution in [-0.4, -0.2) is 13.1 Å². The van der Waals surface area contributed by atoms with Crippen LogP contribution in [0.5, 0.6) is 0 Å². The largest absolute Gasteiger partial charge is 0.316 e. The molecule has 0 saturated heterocycles. The Kier molecular flexibility index (Phi) is 10.3. The van der Waals surface area contributed by atoms with Crippen LogP contribution in [0.1, 0.15) is 76.7 Å². The maximum Gasteiger partial charge on any atom is 0.00174 e. The average molecular weight is 275 g/mol. The first-order chi connectivity index (χ1) is 9.84. The van der Waals surface area contributed by atoms with E-state index >= 15 is 0 Å². The summed E-state index contributed by atoms with van der Waals surface area (Å²) in [6, 6.07) is 10.8. The molecular weight excluding hydrogens is 242 g/mol. The summed E-state index contributed by atoms with van der Waals surface area (Å²) in [5.41, 5.74) is 1.44. The lowest BCUT2D eigenvalue weighted by Crippen LogP contribution is -2.21. The van der Waals surface area contributed by atoms with Crippen molar-refractivity contribution in [1.29, 1.82) is 0 Å². The van der Waals surface area contributed by atoms with E-state index < -0.39 is 0 Å². The molecule has 20 heavy (non-hydrogen) atoms. The molecule has 1 atom stereocenters. The van der Waals surface area contributed by atoms with Crippen LogP contribution in [0.4, 0.5) is 0 Å². The number of rotatable bonds is 12. The molecule has 1 aromatic carbocycles. The molecule has 1 rings (SSSR count). The van der Waals surface area contributed by atoms with E-state index in [1.54, 1.807) is 0 Å². The minimum absolute atomic E-state index is 0.616. The second-order valence-corrected chi connectivity index (χ2v) is 5.99. The lowest BCUT2D eigenvalue weighted by molar-refractivity contribution is 0.543. The highest BCUT2D eigenvalue weighted by atomic mass is 14.8. The van der Waals surface area contributed by atoms with Gasteiger partial charge in [-0.3, -0.25) is 0 Å². The monoisotopic (exact) mass is 275 g/mol. The van der Waals surface area contributed by atoms with Gasteiger partial charge in [0.15, 0.2) is 0 Å². The van der Waals surface area contributed by atoms with Crippen LogP contribution in [0, 0.1) is 0 Å². The van der Waals surface area contributed by atoms with Crippen molar-refractivity contribution in [3.8, 4) is 0 Å². The van der Waals surface area contributed by atoms with E-state index in [0.717, 1.165) is 6.54 Å². The van der Waals surface area contributed by atoms with Gasteiger partial charge < -0.3 is 5.32 Å². The molecule has 0 bridgehead atoms. The molecule has 0 saturated carbocycles. The van der Waals surface area contributed by atoms with E-state index in [1.165, 1.54) is 63.5 Å². The Balaban J connectivity index is 1.90. The third-order valence-electron chi connectivity index (χ3n) is 4.03. The summed E-state index contributed by atoms with van der Waals surface area (Å²) in [6.45, 7) is 6.85. The van der Waals surface area contributed by atoms with Crippen LogP contribution < -0.4 is 5.32 Å². The quantitative estimate of drug-likeness (QED) is 0.495. The second-order valence-electron chi connectivity index (χ2n) is 5.99. The summed E-state index contributed by atoms with van der Waals surface area (Å²) in [4.78, 5) is 0. The zero-order valence-corrected chi connectivity index (χ0v) is 13.5. The number of hydrogen-bond acceptors (Lipinski definition) is 1. The molecule has 1 heteroatoms. The highest BCUT2D eigenvalue weighted by molar-refractivity contribution is 5.18. The van der Waals surface area contributed by atoms with Crippen molar-refractivity contribution in [1.82, 2.24) is 5.32 Å². The topological polar surface area (TPSA) is 12.0 Å². The lowest BCUT2D eigenvalue weighted by Gasteiger charge is -2.12. The lowest BCUT2D eigenvalue weighted by atomic mass is 10.0. The number of nitrogens with one attached hydrogen (secondary N) is 1. The highest BCUT2D eigenvalue weighted by Crippen LogP contribution is 2.13. The smallest absolute Gasteiger partial charge is 0.00174 e. The van der Waals surface area contributed by atoms with Crippen molar-refractivity contribution in [3.63, 3.8) is 0 Å². The van der Waals surface area contributed by atoms with E-state index in [2.05, 4.69) is 49.5 Å². The van der Waals surface area contributed by atoms with Gasteiger partial charge >= 0.3 is 0 Å². The van der Waals surface area contributed by atoms with Crippen LogP contribution in [0.15, 0.2) is 30.3 Å². The Morgan fingerprint density at radius 1 is 0.850 bits per heavy atom. The Morgan fingerprint density at radius 3 is 2.10 bits per heavy atom.